The van der Waals surface area contributed by atoms with Crippen molar-refractivity contribution < 1.29 is 4.79 Å². The average Bonchev–Trinajstić information content (AvgIpc) is 3.20. The Hall–Kier alpha value is -1.35. The molecule has 0 unspecified atom stereocenters. The van der Waals surface area contributed by atoms with Gasteiger partial charge in [0.25, 0.3) is 5.91 Å². The summed E-state index contributed by atoms with van der Waals surface area (Å²) >= 11 is 0. The molecule has 1 amide bonds. The number of amides is 1. The normalized spacial score (nSPS) is 20.0. The maximum Gasteiger partial charge on any atom is 0.253 e. The van der Waals surface area contributed by atoms with Crippen LogP contribution in [-0.4, -0.2) is 41.9 Å². The van der Waals surface area contributed by atoms with E-state index in [9.17, 15) is 4.79 Å². The van der Waals surface area contributed by atoms with E-state index < -0.39 is 0 Å². The Bertz CT molecular complexity index is 470. The van der Waals surface area contributed by atoms with Gasteiger partial charge in [-0.1, -0.05) is 25.0 Å². The van der Waals surface area contributed by atoms with Gasteiger partial charge in [-0.2, -0.15) is 0 Å². The molecule has 0 aromatic heterocycles. The van der Waals surface area contributed by atoms with Crippen molar-refractivity contribution in [1.82, 2.24) is 9.80 Å². The van der Waals surface area contributed by atoms with Gasteiger partial charge in [-0.15, -0.1) is 0 Å². The lowest BCUT2D eigenvalue weighted by molar-refractivity contribution is 0.0735. The lowest BCUT2D eigenvalue weighted by Gasteiger charge is -2.24. The van der Waals surface area contributed by atoms with Gasteiger partial charge >= 0.3 is 0 Å². The summed E-state index contributed by atoms with van der Waals surface area (Å²) < 4.78 is 0. The number of carbonyl (C=O) groups excluding carboxylic acids is 1. The molecule has 1 saturated carbocycles. The third kappa shape index (κ3) is 3.46. The number of likely N-dealkylation sites (tertiary alicyclic amines) is 1. The fourth-order valence-electron chi connectivity index (χ4n) is 3.61. The molecule has 1 saturated heterocycles. The number of hydrogen-bond donors (Lipinski definition) is 0. The van der Waals surface area contributed by atoms with E-state index >= 15 is 0 Å². The Balaban J connectivity index is 1.61. The SMILES string of the molecule is CN(C(=O)c1ccc(CN2CCCC2)cc1)C1CCCC1. The van der Waals surface area contributed by atoms with Crippen LogP contribution in [0.1, 0.15) is 54.4 Å². The lowest BCUT2D eigenvalue weighted by Crippen LogP contribution is -2.35. The van der Waals surface area contributed by atoms with Crippen molar-refractivity contribution in [2.45, 2.75) is 51.1 Å². The maximum atomic E-state index is 12.5. The maximum absolute atomic E-state index is 12.5. The van der Waals surface area contributed by atoms with Crippen LogP contribution in [0, 0.1) is 0 Å². The second-order valence-corrected chi connectivity index (χ2v) is 6.53. The topological polar surface area (TPSA) is 23.6 Å². The van der Waals surface area contributed by atoms with Crippen LogP contribution in [0.15, 0.2) is 24.3 Å². The molecule has 0 spiro atoms. The van der Waals surface area contributed by atoms with E-state index in [0.717, 1.165) is 24.9 Å². The van der Waals surface area contributed by atoms with E-state index in [4.69, 9.17) is 0 Å². The van der Waals surface area contributed by atoms with E-state index in [-0.39, 0.29) is 5.91 Å². The van der Waals surface area contributed by atoms with Gasteiger partial charge in [0, 0.05) is 25.2 Å². The van der Waals surface area contributed by atoms with Gasteiger partial charge in [-0.25, -0.2) is 0 Å². The second-order valence-electron chi connectivity index (χ2n) is 6.53. The van der Waals surface area contributed by atoms with Gasteiger partial charge in [0.2, 0.25) is 0 Å². The molecule has 1 aromatic rings. The highest BCUT2D eigenvalue weighted by molar-refractivity contribution is 5.94. The largest absolute Gasteiger partial charge is 0.339 e. The molecule has 21 heavy (non-hydrogen) atoms. The van der Waals surface area contributed by atoms with Crippen molar-refractivity contribution in [3.63, 3.8) is 0 Å². The van der Waals surface area contributed by atoms with Crippen molar-refractivity contribution in [3.8, 4) is 0 Å². The second kappa shape index (κ2) is 6.61. The summed E-state index contributed by atoms with van der Waals surface area (Å²) in [5, 5.41) is 0. The number of benzene rings is 1. The van der Waals surface area contributed by atoms with E-state index in [1.165, 1.54) is 44.3 Å². The summed E-state index contributed by atoms with van der Waals surface area (Å²) in [7, 11) is 1.95. The number of nitrogens with zero attached hydrogens (tertiary/aromatic N) is 2. The van der Waals surface area contributed by atoms with E-state index in [1.54, 1.807) is 0 Å². The van der Waals surface area contributed by atoms with Gasteiger partial charge < -0.3 is 4.90 Å². The first-order valence-electron chi connectivity index (χ1n) is 8.32. The summed E-state index contributed by atoms with van der Waals surface area (Å²) in [6, 6.07) is 8.68. The first-order chi connectivity index (χ1) is 10.2. The summed E-state index contributed by atoms with van der Waals surface area (Å²) in [6.07, 6.45) is 7.49. The van der Waals surface area contributed by atoms with Crippen molar-refractivity contribution >= 4 is 5.91 Å². The highest BCUT2D eigenvalue weighted by Gasteiger charge is 2.24. The predicted octanol–water partition coefficient (Wildman–Crippen LogP) is 3.30. The molecule has 0 radical (unpaired) electrons. The first-order valence-corrected chi connectivity index (χ1v) is 8.32. The Morgan fingerprint density at radius 1 is 1.10 bits per heavy atom. The molecular formula is C18H26N2O. The Kier molecular flexibility index (Phi) is 4.59. The van der Waals surface area contributed by atoms with Gasteiger partial charge in [0.05, 0.1) is 0 Å². The minimum Gasteiger partial charge on any atom is -0.339 e. The van der Waals surface area contributed by atoms with Gasteiger partial charge in [-0.05, 0) is 56.5 Å². The smallest absolute Gasteiger partial charge is 0.253 e. The van der Waals surface area contributed by atoms with Crippen LogP contribution in [-0.2, 0) is 6.54 Å². The zero-order valence-corrected chi connectivity index (χ0v) is 13.1. The number of hydrogen-bond acceptors (Lipinski definition) is 2. The molecule has 3 rings (SSSR count). The minimum absolute atomic E-state index is 0.176. The van der Waals surface area contributed by atoms with Crippen LogP contribution in [0.25, 0.3) is 0 Å². The van der Waals surface area contributed by atoms with Crippen molar-refractivity contribution in [2.75, 3.05) is 20.1 Å². The highest BCUT2D eigenvalue weighted by Crippen LogP contribution is 2.24. The monoisotopic (exact) mass is 286 g/mol. The third-order valence-electron chi connectivity index (χ3n) is 5.00. The minimum atomic E-state index is 0.176. The molecule has 2 fully saturated rings. The molecule has 0 bridgehead atoms. The summed E-state index contributed by atoms with van der Waals surface area (Å²) in [4.78, 5) is 16.9. The summed E-state index contributed by atoms with van der Waals surface area (Å²) in [5.74, 6) is 0.176. The lowest BCUT2D eigenvalue weighted by atomic mass is 10.1. The molecule has 3 nitrogen and oxygen atoms in total. The van der Waals surface area contributed by atoms with E-state index in [2.05, 4.69) is 17.0 Å². The van der Waals surface area contributed by atoms with Crippen molar-refractivity contribution in [3.05, 3.63) is 35.4 Å². The fraction of sp³-hybridized carbons (Fsp3) is 0.611. The fourth-order valence-corrected chi connectivity index (χ4v) is 3.61. The molecule has 0 N–H and O–H groups in total. The number of carbonyl (C=O) groups is 1. The summed E-state index contributed by atoms with van der Waals surface area (Å²) in [6.45, 7) is 3.45. The molecular weight excluding hydrogens is 260 g/mol. The van der Waals surface area contributed by atoms with Gasteiger partial charge in [0.1, 0.15) is 0 Å². The molecule has 1 aliphatic heterocycles. The Morgan fingerprint density at radius 3 is 2.33 bits per heavy atom. The van der Waals surface area contributed by atoms with Crippen molar-refractivity contribution in [1.29, 1.82) is 0 Å². The van der Waals surface area contributed by atoms with E-state index in [0.29, 0.717) is 6.04 Å². The van der Waals surface area contributed by atoms with Crippen LogP contribution in [0.5, 0.6) is 0 Å². The quantitative estimate of drug-likeness (QED) is 0.848. The van der Waals surface area contributed by atoms with Crippen LogP contribution < -0.4 is 0 Å². The summed E-state index contributed by atoms with van der Waals surface area (Å²) in [5.41, 5.74) is 2.14. The standard InChI is InChI=1S/C18H26N2O/c1-19(17-6-2-3-7-17)18(21)16-10-8-15(9-11-16)14-20-12-4-5-13-20/h8-11,17H,2-7,12-14H2,1H3. The Labute approximate surface area is 127 Å². The zero-order valence-electron chi connectivity index (χ0n) is 13.1. The van der Waals surface area contributed by atoms with E-state index in [1.807, 2.05) is 24.1 Å². The Morgan fingerprint density at radius 2 is 1.71 bits per heavy atom. The highest BCUT2D eigenvalue weighted by atomic mass is 16.2. The van der Waals surface area contributed by atoms with Crippen LogP contribution in [0.3, 0.4) is 0 Å². The van der Waals surface area contributed by atoms with Crippen LogP contribution >= 0.6 is 0 Å². The van der Waals surface area contributed by atoms with Crippen LogP contribution in [0.4, 0.5) is 0 Å². The molecule has 3 heteroatoms. The van der Waals surface area contributed by atoms with Gasteiger partial charge in [-0.3, -0.25) is 9.69 Å². The molecule has 2 aliphatic rings. The number of rotatable bonds is 4. The van der Waals surface area contributed by atoms with Crippen molar-refractivity contribution in [2.24, 2.45) is 0 Å². The molecule has 1 heterocycles. The third-order valence-corrected chi connectivity index (χ3v) is 5.00. The first kappa shape index (κ1) is 14.6. The molecule has 0 atom stereocenters. The average molecular weight is 286 g/mol. The predicted molar refractivity (Wildman–Crippen MR) is 85.3 cm³/mol. The molecule has 1 aromatic carbocycles. The zero-order chi connectivity index (χ0) is 14.7. The molecule has 114 valence electrons. The van der Waals surface area contributed by atoms with Crippen LogP contribution in [0.2, 0.25) is 0 Å². The molecule has 1 aliphatic carbocycles. The van der Waals surface area contributed by atoms with Gasteiger partial charge in [0.15, 0.2) is 0 Å².